The zero-order valence-corrected chi connectivity index (χ0v) is 15.4. The van der Waals surface area contributed by atoms with Crippen molar-refractivity contribution in [3.05, 3.63) is 0 Å². The number of nitrogens with one attached hydrogen (secondary N) is 1. The molecule has 1 unspecified atom stereocenters. The second-order valence-corrected chi connectivity index (χ2v) is 6.65. The Morgan fingerprint density at radius 1 is 0.880 bits per heavy atom. The monoisotopic (exact) mass is 359 g/mol. The van der Waals surface area contributed by atoms with Crippen molar-refractivity contribution in [2.24, 2.45) is 11.8 Å². The molecule has 0 aromatic heterocycles. The molecule has 0 saturated heterocycles. The molecule has 8 nitrogen and oxygen atoms in total. The van der Waals surface area contributed by atoms with Gasteiger partial charge >= 0.3 is 17.9 Å². The molecule has 8 heteroatoms. The molecule has 1 atom stereocenters. The number of rotatable bonds is 12. The van der Waals surface area contributed by atoms with Crippen LogP contribution in [0.3, 0.4) is 0 Å². The van der Waals surface area contributed by atoms with E-state index in [-0.39, 0.29) is 50.7 Å². The second-order valence-electron chi connectivity index (χ2n) is 6.65. The Bertz CT molecular complexity index is 460. The molecule has 0 bridgehead atoms. The molecule has 0 aromatic rings. The van der Waals surface area contributed by atoms with Gasteiger partial charge in [-0.15, -0.1) is 0 Å². The van der Waals surface area contributed by atoms with Crippen molar-refractivity contribution in [3.8, 4) is 0 Å². The summed E-state index contributed by atoms with van der Waals surface area (Å²) < 4.78 is 10.1. The van der Waals surface area contributed by atoms with Gasteiger partial charge in [-0.1, -0.05) is 27.7 Å². The highest BCUT2D eigenvalue weighted by Crippen LogP contribution is 2.06. The minimum absolute atomic E-state index is 0.0344. The topological polar surface area (TPSA) is 119 Å². The molecule has 0 fully saturated rings. The Hall–Kier alpha value is -2.12. The second kappa shape index (κ2) is 12.3. The average Bonchev–Trinajstić information content (AvgIpc) is 2.52. The maximum absolute atomic E-state index is 12.1. The van der Waals surface area contributed by atoms with Gasteiger partial charge in [0.25, 0.3) is 0 Å². The van der Waals surface area contributed by atoms with Crippen LogP contribution in [0, 0.1) is 11.8 Å². The number of hydrogen-bond donors (Lipinski definition) is 2. The quantitative estimate of drug-likeness (QED) is 0.507. The predicted molar refractivity (Wildman–Crippen MR) is 89.6 cm³/mol. The number of aliphatic carboxylic acids is 1. The Kier molecular flexibility index (Phi) is 11.2. The summed E-state index contributed by atoms with van der Waals surface area (Å²) in [6.45, 7) is 8.03. The van der Waals surface area contributed by atoms with E-state index in [1.54, 1.807) is 0 Å². The Balaban J connectivity index is 4.60. The van der Waals surface area contributed by atoms with E-state index in [1.807, 2.05) is 27.7 Å². The number of ether oxygens (including phenoxy) is 2. The molecule has 0 rings (SSSR count). The molecule has 0 heterocycles. The van der Waals surface area contributed by atoms with Gasteiger partial charge in [0.05, 0.1) is 19.6 Å². The standard InChI is InChI=1S/C17H29NO7/c1-11(2)9-24-16(22)8-5-13(17(23)25-10-12(3)4)18-14(19)6-7-15(20)21/h11-13H,5-10H2,1-4H3,(H,18,19)(H,20,21). The molecule has 0 aliphatic carbocycles. The average molecular weight is 359 g/mol. The Labute approximate surface area is 148 Å². The fourth-order valence-corrected chi connectivity index (χ4v) is 1.68. The normalized spacial score (nSPS) is 11.9. The highest BCUT2D eigenvalue weighted by molar-refractivity contribution is 5.86. The Morgan fingerprint density at radius 3 is 1.96 bits per heavy atom. The van der Waals surface area contributed by atoms with Crippen LogP contribution in [0.25, 0.3) is 0 Å². The number of carboxylic acid groups (broad SMARTS) is 1. The van der Waals surface area contributed by atoms with Crippen molar-refractivity contribution in [2.75, 3.05) is 13.2 Å². The van der Waals surface area contributed by atoms with Gasteiger partial charge in [0.15, 0.2) is 0 Å². The summed E-state index contributed by atoms with van der Waals surface area (Å²) in [5.41, 5.74) is 0. The van der Waals surface area contributed by atoms with Gasteiger partial charge in [-0.2, -0.15) is 0 Å². The molecular formula is C17H29NO7. The van der Waals surface area contributed by atoms with Crippen LogP contribution in [0.15, 0.2) is 0 Å². The largest absolute Gasteiger partial charge is 0.481 e. The number of esters is 2. The van der Waals surface area contributed by atoms with Crippen molar-refractivity contribution < 1.29 is 33.8 Å². The first kappa shape index (κ1) is 22.9. The zero-order chi connectivity index (χ0) is 19.4. The van der Waals surface area contributed by atoms with Crippen LogP contribution in [-0.2, 0) is 28.7 Å². The van der Waals surface area contributed by atoms with Gasteiger partial charge in [-0.05, 0) is 18.3 Å². The van der Waals surface area contributed by atoms with E-state index < -0.39 is 29.9 Å². The molecule has 0 aliphatic rings. The summed E-state index contributed by atoms with van der Waals surface area (Å²) in [4.78, 5) is 46.0. The summed E-state index contributed by atoms with van der Waals surface area (Å²) in [5.74, 6) is -2.46. The van der Waals surface area contributed by atoms with Gasteiger partial charge < -0.3 is 19.9 Å². The third-order valence-electron chi connectivity index (χ3n) is 2.96. The first-order valence-corrected chi connectivity index (χ1v) is 8.45. The van der Waals surface area contributed by atoms with Gasteiger partial charge in [0.1, 0.15) is 6.04 Å². The highest BCUT2D eigenvalue weighted by Gasteiger charge is 2.24. The van der Waals surface area contributed by atoms with E-state index >= 15 is 0 Å². The van der Waals surface area contributed by atoms with Crippen LogP contribution >= 0.6 is 0 Å². The van der Waals surface area contributed by atoms with Gasteiger partial charge in [0.2, 0.25) is 5.91 Å². The van der Waals surface area contributed by atoms with Crippen molar-refractivity contribution >= 4 is 23.8 Å². The minimum atomic E-state index is -1.11. The maximum Gasteiger partial charge on any atom is 0.328 e. The lowest BCUT2D eigenvalue weighted by Gasteiger charge is -2.18. The van der Waals surface area contributed by atoms with Crippen LogP contribution in [0.2, 0.25) is 0 Å². The molecule has 25 heavy (non-hydrogen) atoms. The molecule has 0 aliphatic heterocycles. The van der Waals surface area contributed by atoms with Crippen LogP contribution in [0.4, 0.5) is 0 Å². The fourth-order valence-electron chi connectivity index (χ4n) is 1.68. The van der Waals surface area contributed by atoms with Gasteiger partial charge in [-0.25, -0.2) is 4.79 Å². The lowest BCUT2D eigenvalue weighted by atomic mass is 10.1. The van der Waals surface area contributed by atoms with E-state index in [4.69, 9.17) is 14.6 Å². The van der Waals surface area contributed by atoms with Crippen molar-refractivity contribution in [1.29, 1.82) is 0 Å². The van der Waals surface area contributed by atoms with Crippen molar-refractivity contribution in [1.82, 2.24) is 5.32 Å². The molecule has 144 valence electrons. The van der Waals surface area contributed by atoms with Gasteiger partial charge in [-0.3, -0.25) is 14.4 Å². The number of carbonyl (C=O) groups excluding carboxylic acids is 3. The summed E-state index contributed by atoms with van der Waals surface area (Å²) >= 11 is 0. The van der Waals surface area contributed by atoms with Crippen molar-refractivity contribution in [2.45, 2.75) is 59.4 Å². The molecule has 2 N–H and O–H groups in total. The third-order valence-corrected chi connectivity index (χ3v) is 2.96. The summed E-state index contributed by atoms with van der Waals surface area (Å²) in [7, 11) is 0. The van der Waals surface area contributed by atoms with E-state index in [1.165, 1.54) is 0 Å². The zero-order valence-electron chi connectivity index (χ0n) is 15.4. The lowest BCUT2D eigenvalue weighted by molar-refractivity contribution is -0.150. The highest BCUT2D eigenvalue weighted by atomic mass is 16.5. The Morgan fingerprint density at radius 2 is 1.44 bits per heavy atom. The number of hydrogen-bond acceptors (Lipinski definition) is 6. The van der Waals surface area contributed by atoms with Crippen LogP contribution in [0.5, 0.6) is 0 Å². The molecule has 1 amide bonds. The smallest absolute Gasteiger partial charge is 0.328 e. The molecular weight excluding hydrogens is 330 g/mol. The van der Waals surface area contributed by atoms with E-state index in [0.717, 1.165) is 0 Å². The van der Waals surface area contributed by atoms with E-state index in [0.29, 0.717) is 0 Å². The van der Waals surface area contributed by atoms with Crippen molar-refractivity contribution in [3.63, 3.8) is 0 Å². The molecule has 0 radical (unpaired) electrons. The fraction of sp³-hybridized carbons (Fsp3) is 0.765. The maximum atomic E-state index is 12.1. The van der Waals surface area contributed by atoms with Crippen LogP contribution < -0.4 is 5.32 Å². The third kappa shape index (κ3) is 12.9. The summed E-state index contributed by atoms with van der Waals surface area (Å²) in [6, 6.07) is -1.01. The lowest BCUT2D eigenvalue weighted by Crippen LogP contribution is -2.42. The number of carboxylic acids is 1. The molecule has 0 saturated carbocycles. The SMILES string of the molecule is CC(C)COC(=O)CCC(NC(=O)CCC(=O)O)C(=O)OCC(C)C. The predicted octanol–water partition coefficient (Wildman–Crippen LogP) is 1.51. The van der Waals surface area contributed by atoms with Crippen LogP contribution in [-0.4, -0.2) is 48.2 Å². The first-order valence-electron chi connectivity index (χ1n) is 8.45. The molecule has 0 spiro atoms. The summed E-state index contributed by atoms with van der Waals surface area (Å²) in [6.07, 6.45) is -0.600. The van der Waals surface area contributed by atoms with Crippen LogP contribution in [0.1, 0.15) is 53.4 Å². The summed E-state index contributed by atoms with van der Waals surface area (Å²) in [5, 5.41) is 11.0. The number of carbonyl (C=O) groups is 4. The van der Waals surface area contributed by atoms with Gasteiger partial charge in [0, 0.05) is 12.8 Å². The first-order chi connectivity index (χ1) is 11.6. The minimum Gasteiger partial charge on any atom is -0.481 e. The van der Waals surface area contributed by atoms with E-state index in [2.05, 4.69) is 5.32 Å². The number of amides is 1. The van der Waals surface area contributed by atoms with E-state index in [9.17, 15) is 19.2 Å². The molecule has 0 aromatic carbocycles.